The van der Waals surface area contributed by atoms with Gasteiger partial charge >= 0.3 is 0 Å². The number of piperidine rings is 3. The zero-order chi connectivity index (χ0) is 17.1. The van der Waals surface area contributed by atoms with Gasteiger partial charge in [-0.2, -0.15) is 0 Å². The second-order valence-corrected chi connectivity index (χ2v) is 8.58. The molecule has 0 atom stereocenters. The second kappa shape index (κ2) is 7.58. The topological polar surface area (TPSA) is 35.5 Å². The molecule has 1 spiro atoms. The summed E-state index contributed by atoms with van der Waals surface area (Å²) in [7, 11) is 2.26. The molecule has 4 heterocycles. The fourth-order valence-corrected chi connectivity index (χ4v) is 4.96. The lowest BCUT2D eigenvalue weighted by molar-refractivity contribution is 0.0618. The van der Waals surface area contributed by atoms with Gasteiger partial charge in [0.2, 0.25) is 5.95 Å². The highest BCUT2D eigenvalue weighted by Gasteiger charge is 2.38. The van der Waals surface area contributed by atoms with Gasteiger partial charge in [0.25, 0.3) is 0 Å². The Morgan fingerprint density at radius 3 is 2.16 bits per heavy atom. The molecule has 3 aliphatic heterocycles. The Morgan fingerprint density at radius 2 is 1.52 bits per heavy atom. The number of rotatable bonds is 3. The molecular formula is C20H33N5. The van der Waals surface area contributed by atoms with Crippen LogP contribution in [0.25, 0.3) is 0 Å². The molecule has 3 aliphatic rings. The number of hydrogen-bond acceptors (Lipinski definition) is 5. The molecule has 0 saturated carbocycles. The molecule has 0 amide bonds. The van der Waals surface area contributed by atoms with E-state index in [1.54, 1.807) is 0 Å². The molecule has 0 bridgehead atoms. The normalized spacial score (nSPS) is 26.2. The van der Waals surface area contributed by atoms with Crippen LogP contribution in [0.1, 0.15) is 38.5 Å². The van der Waals surface area contributed by atoms with E-state index in [1.165, 1.54) is 71.2 Å². The minimum absolute atomic E-state index is 0.592. The minimum atomic E-state index is 0.592. The lowest BCUT2D eigenvalue weighted by atomic mass is 9.71. The fraction of sp³-hybridized carbons (Fsp3) is 0.800. The number of hydrogen-bond donors (Lipinski definition) is 0. The molecule has 0 aliphatic carbocycles. The molecule has 5 heteroatoms. The lowest BCUT2D eigenvalue weighted by Gasteiger charge is -2.47. The Morgan fingerprint density at radius 1 is 0.920 bits per heavy atom. The highest BCUT2D eigenvalue weighted by atomic mass is 15.3. The van der Waals surface area contributed by atoms with Crippen LogP contribution in [-0.4, -0.2) is 72.6 Å². The van der Waals surface area contributed by atoms with Gasteiger partial charge in [-0.1, -0.05) is 0 Å². The van der Waals surface area contributed by atoms with Crippen molar-refractivity contribution in [3.8, 4) is 0 Å². The third kappa shape index (κ3) is 4.14. The van der Waals surface area contributed by atoms with Crippen molar-refractivity contribution >= 4 is 5.95 Å². The molecule has 3 saturated heterocycles. The van der Waals surface area contributed by atoms with Crippen molar-refractivity contribution in [3.63, 3.8) is 0 Å². The van der Waals surface area contributed by atoms with Crippen molar-refractivity contribution in [2.24, 2.45) is 11.3 Å². The van der Waals surface area contributed by atoms with Crippen molar-refractivity contribution < 1.29 is 0 Å². The number of anilines is 1. The Bertz CT molecular complexity index is 522. The fourth-order valence-electron chi connectivity index (χ4n) is 4.96. The summed E-state index contributed by atoms with van der Waals surface area (Å²) in [5.41, 5.74) is 0.592. The largest absolute Gasteiger partial charge is 0.341 e. The highest BCUT2D eigenvalue weighted by Crippen LogP contribution is 2.42. The summed E-state index contributed by atoms with van der Waals surface area (Å²) >= 11 is 0. The van der Waals surface area contributed by atoms with Crippen LogP contribution in [0.5, 0.6) is 0 Å². The summed E-state index contributed by atoms with van der Waals surface area (Å²) in [5, 5.41) is 0. The van der Waals surface area contributed by atoms with Crippen LogP contribution in [0.3, 0.4) is 0 Å². The summed E-state index contributed by atoms with van der Waals surface area (Å²) in [6.45, 7) is 8.80. The van der Waals surface area contributed by atoms with Crippen molar-refractivity contribution in [1.82, 2.24) is 19.8 Å². The lowest BCUT2D eigenvalue weighted by Crippen LogP contribution is -2.48. The summed E-state index contributed by atoms with van der Waals surface area (Å²) < 4.78 is 0. The van der Waals surface area contributed by atoms with Crippen molar-refractivity contribution in [2.45, 2.75) is 38.5 Å². The third-order valence-corrected chi connectivity index (χ3v) is 6.93. The van der Waals surface area contributed by atoms with E-state index in [-0.39, 0.29) is 0 Å². The predicted octanol–water partition coefficient (Wildman–Crippen LogP) is 2.50. The minimum Gasteiger partial charge on any atom is -0.341 e. The van der Waals surface area contributed by atoms with Crippen LogP contribution >= 0.6 is 0 Å². The van der Waals surface area contributed by atoms with Gasteiger partial charge in [-0.15, -0.1) is 0 Å². The monoisotopic (exact) mass is 343 g/mol. The first-order valence-electron chi connectivity index (χ1n) is 10.2. The highest BCUT2D eigenvalue weighted by molar-refractivity contribution is 5.29. The van der Waals surface area contributed by atoms with E-state index in [0.29, 0.717) is 5.41 Å². The van der Waals surface area contributed by atoms with Gasteiger partial charge in [0.1, 0.15) is 0 Å². The molecule has 0 radical (unpaired) electrons. The maximum Gasteiger partial charge on any atom is 0.225 e. The van der Waals surface area contributed by atoms with Crippen LogP contribution in [-0.2, 0) is 0 Å². The van der Waals surface area contributed by atoms with Gasteiger partial charge in [0.05, 0.1) is 0 Å². The molecule has 25 heavy (non-hydrogen) atoms. The molecule has 3 fully saturated rings. The van der Waals surface area contributed by atoms with E-state index in [9.17, 15) is 0 Å². The van der Waals surface area contributed by atoms with E-state index in [1.807, 2.05) is 18.5 Å². The van der Waals surface area contributed by atoms with Crippen molar-refractivity contribution in [1.29, 1.82) is 0 Å². The van der Waals surface area contributed by atoms with E-state index in [0.717, 1.165) is 25.0 Å². The zero-order valence-electron chi connectivity index (χ0n) is 15.7. The summed E-state index contributed by atoms with van der Waals surface area (Å²) in [6.07, 6.45) is 11.9. The molecule has 1 aromatic heterocycles. The van der Waals surface area contributed by atoms with Crippen LogP contribution in [0, 0.1) is 11.3 Å². The first kappa shape index (κ1) is 17.2. The predicted molar refractivity (Wildman–Crippen MR) is 102 cm³/mol. The quantitative estimate of drug-likeness (QED) is 0.843. The van der Waals surface area contributed by atoms with Crippen molar-refractivity contribution in [2.75, 3.05) is 57.8 Å². The number of nitrogens with zero attached hydrogens (tertiary/aromatic N) is 5. The Labute approximate surface area is 152 Å². The van der Waals surface area contributed by atoms with Gasteiger partial charge in [0.15, 0.2) is 0 Å². The Balaban J connectivity index is 1.24. The Kier molecular flexibility index (Phi) is 5.23. The first-order chi connectivity index (χ1) is 12.2. The maximum absolute atomic E-state index is 4.42. The van der Waals surface area contributed by atoms with Crippen LogP contribution in [0.4, 0.5) is 5.95 Å². The van der Waals surface area contributed by atoms with Crippen LogP contribution < -0.4 is 4.90 Å². The average molecular weight is 344 g/mol. The zero-order valence-corrected chi connectivity index (χ0v) is 15.7. The molecule has 0 N–H and O–H groups in total. The number of likely N-dealkylation sites (tertiary alicyclic amines) is 2. The summed E-state index contributed by atoms with van der Waals surface area (Å²) in [5.74, 6) is 1.85. The van der Waals surface area contributed by atoms with Gasteiger partial charge in [-0.3, -0.25) is 0 Å². The number of aromatic nitrogens is 2. The third-order valence-electron chi connectivity index (χ3n) is 6.93. The standard InChI is InChI=1S/C20H33N5/c1-23-11-3-18(4-12-23)17-24-13-5-20(6-14-24)7-15-25(16-8-20)19-21-9-2-10-22-19/h2,9-10,18H,3-8,11-17H2,1H3. The summed E-state index contributed by atoms with van der Waals surface area (Å²) in [4.78, 5) is 16.5. The molecule has 4 rings (SSSR count). The van der Waals surface area contributed by atoms with Gasteiger partial charge in [-0.25, -0.2) is 9.97 Å². The van der Waals surface area contributed by atoms with E-state index in [2.05, 4.69) is 31.7 Å². The van der Waals surface area contributed by atoms with Crippen LogP contribution in [0.15, 0.2) is 18.5 Å². The average Bonchev–Trinajstić information content (AvgIpc) is 2.67. The van der Waals surface area contributed by atoms with Crippen LogP contribution in [0.2, 0.25) is 0 Å². The smallest absolute Gasteiger partial charge is 0.225 e. The van der Waals surface area contributed by atoms with E-state index >= 15 is 0 Å². The molecular weight excluding hydrogens is 310 g/mol. The molecule has 1 aromatic rings. The Hall–Kier alpha value is -1.20. The molecule has 138 valence electrons. The molecule has 0 aromatic carbocycles. The van der Waals surface area contributed by atoms with E-state index < -0.39 is 0 Å². The first-order valence-corrected chi connectivity index (χ1v) is 10.2. The van der Waals surface area contributed by atoms with Crippen molar-refractivity contribution in [3.05, 3.63) is 18.5 Å². The maximum atomic E-state index is 4.42. The van der Waals surface area contributed by atoms with E-state index in [4.69, 9.17) is 0 Å². The van der Waals surface area contributed by atoms with Gasteiger partial charge in [-0.05, 0) is 89.2 Å². The van der Waals surface area contributed by atoms with Gasteiger partial charge < -0.3 is 14.7 Å². The SMILES string of the molecule is CN1CCC(CN2CCC3(CC2)CCN(c2ncccn2)CC3)CC1. The molecule has 5 nitrogen and oxygen atoms in total. The summed E-state index contributed by atoms with van der Waals surface area (Å²) in [6, 6.07) is 1.90. The van der Waals surface area contributed by atoms with Gasteiger partial charge in [0, 0.05) is 32.0 Å². The molecule has 0 unspecified atom stereocenters. The second-order valence-electron chi connectivity index (χ2n) is 8.58.